The number of nitriles is 1. The molecule has 1 rings (SSSR count). The van der Waals surface area contributed by atoms with Crippen molar-refractivity contribution in [1.82, 2.24) is 4.72 Å². The normalized spacial score (nSPS) is 19.6. The van der Waals surface area contributed by atoms with Gasteiger partial charge < -0.3 is 0 Å². The van der Waals surface area contributed by atoms with Crippen molar-refractivity contribution in [1.29, 1.82) is 5.26 Å². The summed E-state index contributed by atoms with van der Waals surface area (Å²) in [4.78, 5) is 0. The third-order valence-corrected chi connectivity index (χ3v) is 4.07. The second-order valence-corrected chi connectivity index (χ2v) is 5.90. The Labute approximate surface area is 82.7 Å². The molecule has 1 heterocycles. The SMILES string of the molecule is N#CCS(=O)(=O)NC1CCSCC1. The second kappa shape index (κ2) is 4.84. The largest absolute Gasteiger partial charge is 0.225 e. The Kier molecular flexibility index (Phi) is 4.03. The van der Waals surface area contributed by atoms with Crippen molar-refractivity contribution in [2.24, 2.45) is 0 Å². The van der Waals surface area contributed by atoms with Crippen molar-refractivity contribution in [3.8, 4) is 6.07 Å². The molecule has 0 spiro atoms. The van der Waals surface area contributed by atoms with Crippen molar-refractivity contribution in [2.45, 2.75) is 18.9 Å². The molecule has 0 aromatic carbocycles. The minimum atomic E-state index is -3.35. The maximum Gasteiger partial charge on any atom is 0.225 e. The predicted molar refractivity (Wildman–Crippen MR) is 52.9 cm³/mol. The Balaban J connectivity index is 2.43. The van der Waals surface area contributed by atoms with Crippen LogP contribution in [0.2, 0.25) is 0 Å². The third-order valence-electron chi connectivity index (χ3n) is 1.82. The molecule has 6 heteroatoms. The molecule has 1 N–H and O–H groups in total. The van der Waals surface area contributed by atoms with Crippen LogP contribution >= 0.6 is 11.8 Å². The van der Waals surface area contributed by atoms with E-state index in [1.54, 1.807) is 6.07 Å². The van der Waals surface area contributed by atoms with Gasteiger partial charge in [-0.1, -0.05) is 0 Å². The first kappa shape index (κ1) is 10.8. The van der Waals surface area contributed by atoms with Crippen LogP contribution in [0.4, 0.5) is 0 Å². The molecule has 0 unspecified atom stereocenters. The fourth-order valence-electron chi connectivity index (χ4n) is 1.20. The minimum absolute atomic E-state index is 0.0413. The molecule has 0 aromatic heterocycles. The maximum atomic E-state index is 11.2. The number of rotatable bonds is 3. The standard InChI is InChI=1S/C7H12N2O2S2/c8-3-6-13(10,11)9-7-1-4-12-5-2-7/h7,9H,1-2,4-6H2. The molecule has 1 fully saturated rings. The van der Waals surface area contributed by atoms with E-state index in [2.05, 4.69) is 4.72 Å². The average Bonchev–Trinajstić information content (AvgIpc) is 2.04. The van der Waals surface area contributed by atoms with Gasteiger partial charge in [0.1, 0.15) is 0 Å². The quantitative estimate of drug-likeness (QED) is 0.744. The van der Waals surface area contributed by atoms with Gasteiger partial charge in [-0.3, -0.25) is 0 Å². The molecule has 74 valence electrons. The molecule has 0 amide bonds. The molecule has 1 saturated heterocycles. The number of nitrogens with one attached hydrogen (secondary N) is 1. The van der Waals surface area contributed by atoms with Crippen LogP contribution in [0.5, 0.6) is 0 Å². The summed E-state index contributed by atoms with van der Waals surface area (Å²) in [6, 6.07) is 1.68. The summed E-state index contributed by atoms with van der Waals surface area (Å²) in [6.45, 7) is 0. The van der Waals surface area contributed by atoms with Crippen LogP contribution in [0.15, 0.2) is 0 Å². The van der Waals surface area contributed by atoms with Crippen molar-refractivity contribution in [3.05, 3.63) is 0 Å². The molecule has 4 nitrogen and oxygen atoms in total. The van der Waals surface area contributed by atoms with Crippen molar-refractivity contribution < 1.29 is 8.42 Å². The zero-order chi connectivity index (χ0) is 9.73. The molecule has 1 aliphatic rings. The summed E-state index contributed by atoms with van der Waals surface area (Å²) in [6.07, 6.45) is 1.74. The number of sulfonamides is 1. The fourth-order valence-corrected chi connectivity index (χ4v) is 3.30. The summed E-state index contributed by atoms with van der Waals surface area (Å²) in [5.41, 5.74) is 0. The van der Waals surface area contributed by atoms with E-state index in [0.717, 1.165) is 24.3 Å². The van der Waals surface area contributed by atoms with Gasteiger partial charge in [-0.25, -0.2) is 13.1 Å². The molecule has 0 radical (unpaired) electrons. The van der Waals surface area contributed by atoms with Gasteiger partial charge in [-0.15, -0.1) is 0 Å². The Bertz CT molecular complexity index is 288. The first-order valence-corrected chi connectivity index (χ1v) is 6.89. The van der Waals surface area contributed by atoms with E-state index in [0.29, 0.717) is 0 Å². The average molecular weight is 220 g/mol. The molecule has 1 aliphatic heterocycles. The van der Waals surface area contributed by atoms with Gasteiger partial charge in [0, 0.05) is 6.04 Å². The van der Waals surface area contributed by atoms with Gasteiger partial charge in [0.15, 0.2) is 5.75 Å². The van der Waals surface area contributed by atoms with E-state index in [-0.39, 0.29) is 6.04 Å². The van der Waals surface area contributed by atoms with Gasteiger partial charge >= 0.3 is 0 Å². The highest BCUT2D eigenvalue weighted by molar-refractivity contribution is 7.99. The van der Waals surface area contributed by atoms with Crippen LogP contribution in [0.25, 0.3) is 0 Å². The Hall–Kier alpha value is -0.250. The lowest BCUT2D eigenvalue weighted by Gasteiger charge is -2.21. The smallest absolute Gasteiger partial charge is 0.211 e. The van der Waals surface area contributed by atoms with Crippen molar-refractivity contribution >= 4 is 21.8 Å². The number of hydrogen-bond donors (Lipinski definition) is 1. The molecule has 0 bridgehead atoms. The lowest BCUT2D eigenvalue weighted by Crippen LogP contribution is -2.38. The van der Waals surface area contributed by atoms with Crippen LogP contribution in [0, 0.1) is 11.3 Å². The van der Waals surface area contributed by atoms with Gasteiger partial charge in [-0.2, -0.15) is 17.0 Å². The number of thioether (sulfide) groups is 1. The van der Waals surface area contributed by atoms with Gasteiger partial charge in [0.05, 0.1) is 6.07 Å². The van der Waals surface area contributed by atoms with Crippen LogP contribution in [-0.2, 0) is 10.0 Å². The molecule has 0 aliphatic carbocycles. The zero-order valence-electron chi connectivity index (χ0n) is 7.19. The highest BCUT2D eigenvalue weighted by Crippen LogP contribution is 2.17. The van der Waals surface area contributed by atoms with Crippen LogP contribution < -0.4 is 4.72 Å². The minimum Gasteiger partial charge on any atom is -0.211 e. The molecule has 13 heavy (non-hydrogen) atoms. The van der Waals surface area contributed by atoms with E-state index in [1.807, 2.05) is 11.8 Å². The first-order valence-electron chi connectivity index (χ1n) is 4.09. The van der Waals surface area contributed by atoms with E-state index < -0.39 is 15.8 Å². The van der Waals surface area contributed by atoms with Gasteiger partial charge in [-0.05, 0) is 24.3 Å². The lowest BCUT2D eigenvalue weighted by molar-refractivity contribution is 0.531. The topological polar surface area (TPSA) is 70.0 Å². The molecular formula is C7H12N2O2S2. The lowest BCUT2D eigenvalue weighted by atomic mass is 10.2. The molecule has 0 saturated carbocycles. The Morgan fingerprint density at radius 3 is 2.62 bits per heavy atom. The van der Waals surface area contributed by atoms with Gasteiger partial charge in [0.25, 0.3) is 0 Å². The highest BCUT2D eigenvalue weighted by Gasteiger charge is 2.19. The summed E-state index contributed by atoms with van der Waals surface area (Å²) in [5, 5.41) is 8.26. The monoisotopic (exact) mass is 220 g/mol. The zero-order valence-corrected chi connectivity index (χ0v) is 8.83. The van der Waals surface area contributed by atoms with E-state index >= 15 is 0 Å². The second-order valence-electron chi connectivity index (χ2n) is 2.92. The van der Waals surface area contributed by atoms with Gasteiger partial charge in [0.2, 0.25) is 10.0 Å². The molecule has 0 aromatic rings. The van der Waals surface area contributed by atoms with Crippen LogP contribution in [0.3, 0.4) is 0 Å². The fraction of sp³-hybridized carbons (Fsp3) is 0.857. The molecular weight excluding hydrogens is 208 g/mol. The first-order chi connectivity index (χ1) is 6.14. The van der Waals surface area contributed by atoms with Crippen LogP contribution in [-0.4, -0.2) is 31.7 Å². The summed E-state index contributed by atoms with van der Waals surface area (Å²) in [7, 11) is -3.35. The maximum absolute atomic E-state index is 11.2. The van der Waals surface area contributed by atoms with Crippen molar-refractivity contribution in [2.75, 3.05) is 17.3 Å². The predicted octanol–water partition coefficient (Wildman–Crippen LogP) is 0.325. The Morgan fingerprint density at radius 2 is 2.08 bits per heavy atom. The van der Waals surface area contributed by atoms with E-state index in [1.165, 1.54) is 0 Å². The number of nitrogens with zero attached hydrogens (tertiary/aromatic N) is 1. The van der Waals surface area contributed by atoms with E-state index in [4.69, 9.17) is 5.26 Å². The Morgan fingerprint density at radius 1 is 1.46 bits per heavy atom. The highest BCUT2D eigenvalue weighted by atomic mass is 32.2. The molecule has 0 atom stereocenters. The summed E-state index contributed by atoms with van der Waals surface area (Å²) >= 11 is 1.84. The number of hydrogen-bond acceptors (Lipinski definition) is 4. The van der Waals surface area contributed by atoms with Crippen LogP contribution in [0.1, 0.15) is 12.8 Å². The summed E-state index contributed by atoms with van der Waals surface area (Å²) < 4.78 is 24.8. The summed E-state index contributed by atoms with van der Waals surface area (Å²) in [5.74, 6) is 1.57. The third kappa shape index (κ3) is 3.98. The van der Waals surface area contributed by atoms with Crippen molar-refractivity contribution in [3.63, 3.8) is 0 Å². The van der Waals surface area contributed by atoms with E-state index in [9.17, 15) is 8.42 Å².